The number of nitrogens with zero attached hydrogens (tertiary/aromatic N) is 1. The lowest BCUT2D eigenvalue weighted by Crippen LogP contribution is -2.19. The fourth-order valence-corrected chi connectivity index (χ4v) is 0.846. The average Bonchev–Trinajstić information content (AvgIpc) is 2.17. The molecule has 0 aliphatic carbocycles. The van der Waals surface area contributed by atoms with Gasteiger partial charge in [0, 0.05) is 32.0 Å². The highest BCUT2D eigenvalue weighted by Crippen LogP contribution is 1.92. The molecule has 0 aliphatic heterocycles. The first-order valence-electron chi connectivity index (χ1n) is 4.35. The van der Waals surface area contributed by atoms with Gasteiger partial charge in [-0.05, 0) is 13.3 Å². The molecule has 0 fully saturated rings. The maximum absolute atomic E-state index is 10.7. The van der Waals surface area contributed by atoms with Gasteiger partial charge < -0.3 is 14.7 Å². The number of methoxy groups -OCH3 is 1. The van der Waals surface area contributed by atoms with Gasteiger partial charge in [-0.3, -0.25) is 0 Å². The van der Waals surface area contributed by atoms with E-state index in [1.165, 1.54) is 13.2 Å². The third-order valence-corrected chi connectivity index (χ3v) is 1.63. The Morgan fingerprint density at radius 3 is 2.77 bits per heavy atom. The summed E-state index contributed by atoms with van der Waals surface area (Å²) < 4.78 is 4.45. The Morgan fingerprint density at radius 1 is 1.62 bits per heavy atom. The molecule has 76 valence electrons. The first-order valence-corrected chi connectivity index (χ1v) is 4.35. The molecule has 0 saturated carbocycles. The van der Waals surface area contributed by atoms with Crippen molar-refractivity contribution in [3.63, 3.8) is 0 Å². The van der Waals surface area contributed by atoms with Crippen molar-refractivity contribution >= 4 is 5.97 Å². The van der Waals surface area contributed by atoms with Crippen LogP contribution in [0, 0.1) is 0 Å². The number of carbonyl (C=O) groups excluding carboxylic acids is 1. The lowest BCUT2D eigenvalue weighted by atomic mass is 10.4. The van der Waals surface area contributed by atoms with Gasteiger partial charge in [-0.1, -0.05) is 0 Å². The zero-order chi connectivity index (χ0) is 10.1. The third kappa shape index (κ3) is 6.16. The Balaban J connectivity index is 3.81. The Kier molecular flexibility index (Phi) is 7.01. The predicted molar refractivity (Wildman–Crippen MR) is 50.1 cm³/mol. The van der Waals surface area contributed by atoms with E-state index in [9.17, 15) is 4.79 Å². The van der Waals surface area contributed by atoms with Crippen molar-refractivity contribution in [2.45, 2.75) is 13.3 Å². The lowest BCUT2D eigenvalue weighted by Gasteiger charge is -2.16. The molecule has 1 N–H and O–H groups in total. The molecule has 0 aliphatic rings. The van der Waals surface area contributed by atoms with Gasteiger partial charge in [0.2, 0.25) is 0 Å². The minimum absolute atomic E-state index is 0.169. The Labute approximate surface area is 78.8 Å². The van der Waals surface area contributed by atoms with Crippen molar-refractivity contribution in [3.05, 3.63) is 12.3 Å². The topological polar surface area (TPSA) is 49.8 Å². The molecule has 4 heteroatoms. The van der Waals surface area contributed by atoms with Crippen LogP contribution in [0.2, 0.25) is 0 Å². The monoisotopic (exact) mass is 187 g/mol. The van der Waals surface area contributed by atoms with E-state index < -0.39 is 0 Å². The van der Waals surface area contributed by atoms with Gasteiger partial charge >= 0.3 is 5.97 Å². The fraction of sp³-hybridized carbons (Fsp3) is 0.667. The third-order valence-electron chi connectivity index (χ3n) is 1.63. The van der Waals surface area contributed by atoms with Crippen molar-refractivity contribution in [1.29, 1.82) is 0 Å². The smallest absolute Gasteiger partial charge is 0.331 e. The van der Waals surface area contributed by atoms with Crippen LogP contribution < -0.4 is 0 Å². The highest BCUT2D eigenvalue weighted by molar-refractivity contribution is 5.81. The molecule has 0 aromatic heterocycles. The average molecular weight is 187 g/mol. The number of rotatable bonds is 6. The highest BCUT2D eigenvalue weighted by atomic mass is 16.5. The quantitative estimate of drug-likeness (QED) is 0.482. The predicted octanol–water partition coefficient (Wildman–Crippen LogP) is 0.377. The summed E-state index contributed by atoms with van der Waals surface area (Å²) in [7, 11) is 1.34. The van der Waals surface area contributed by atoms with E-state index in [1.807, 2.05) is 11.8 Å². The minimum Gasteiger partial charge on any atom is -0.466 e. The zero-order valence-corrected chi connectivity index (χ0v) is 8.19. The van der Waals surface area contributed by atoms with E-state index in [4.69, 9.17) is 5.11 Å². The van der Waals surface area contributed by atoms with Crippen molar-refractivity contribution in [2.75, 3.05) is 26.8 Å². The van der Waals surface area contributed by atoms with Crippen LogP contribution in [0.4, 0.5) is 0 Å². The van der Waals surface area contributed by atoms with E-state index in [0.717, 1.165) is 13.1 Å². The van der Waals surface area contributed by atoms with E-state index >= 15 is 0 Å². The first-order chi connectivity index (χ1) is 6.24. The molecule has 0 radical (unpaired) electrons. The maximum atomic E-state index is 10.7. The molecule has 0 amide bonds. The Bertz CT molecular complexity index is 168. The highest BCUT2D eigenvalue weighted by Gasteiger charge is 1.96. The number of hydrogen-bond donors (Lipinski definition) is 1. The summed E-state index contributed by atoms with van der Waals surface area (Å²) in [5.74, 6) is -0.359. The molecule has 0 saturated heterocycles. The van der Waals surface area contributed by atoms with Crippen LogP contribution in [-0.4, -0.2) is 42.8 Å². The number of aliphatic hydroxyl groups excluding tert-OH is 1. The molecule has 0 bridgehead atoms. The summed E-state index contributed by atoms with van der Waals surface area (Å²) >= 11 is 0. The van der Waals surface area contributed by atoms with Crippen molar-refractivity contribution in [1.82, 2.24) is 4.90 Å². The molecular formula is C9H17NO3. The lowest BCUT2D eigenvalue weighted by molar-refractivity contribution is -0.134. The normalized spacial score (nSPS) is 10.4. The number of aliphatic hydroxyl groups is 1. The molecule has 0 aromatic carbocycles. The second-order valence-corrected chi connectivity index (χ2v) is 2.54. The largest absolute Gasteiger partial charge is 0.466 e. The number of carbonyl (C=O) groups is 1. The zero-order valence-electron chi connectivity index (χ0n) is 8.19. The van der Waals surface area contributed by atoms with Crippen LogP contribution in [0.1, 0.15) is 13.3 Å². The second-order valence-electron chi connectivity index (χ2n) is 2.54. The van der Waals surface area contributed by atoms with E-state index in [0.29, 0.717) is 6.42 Å². The number of esters is 1. The molecular weight excluding hydrogens is 170 g/mol. The number of ether oxygens (including phenoxy) is 1. The van der Waals surface area contributed by atoms with Crippen LogP contribution in [0.5, 0.6) is 0 Å². The first kappa shape index (κ1) is 12.0. The molecule has 4 nitrogen and oxygen atoms in total. The van der Waals surface area contributed by atoms with Gasteiger partial charge in [0.25, 0.3) is 0 Å². The molecule has 0 heterocycles. The summed E-state index contributed by atoms with van der Waals surface area (Å²) in [6.45, 7) is 3.72. The van der Waals surface area contributed by atoms with Crippen molar-refractivity contribution in [3.8, 4) is 0 Å². The van der Waals surface area contributed by atoms with E-state index in [1.54, 1.807) is 6.20 Å². The maximum Gasteiger partial charge on any atom is 0.331 e. The Hall–Kier alpha value is -1.03. The van der Waals surface area contributed by atoms with Crippen LogP contribution in [0.3, 0.4) is 0 Å². The van der Waals surface area contributed by atoms with E-state index in [2.05, 4.69) is 4.74 Å². The molecule has 0 rings (SSSR count). The summed E-state index contributed by atoms with van der Waals surface area (Å²) in [5, 5.41) is 8.59. The second kappa shape index (κ2) is 7.61. The molecule has 13 heavy (non-hydrogen) atoms. The van der Waals surface area contributed by atoms with Gasteiger partial charge in [0.15, 0.2) is 0 Å². The van der Waals surface area contributed by atoms with Gasteiger partial charge in [0.05, 0.1) is 7.11 Å². The number of hydrogen-bond acceptors (Lipinski definition) is 4. The minimum atomic E-state index is -0.359. The molecule has 0 aromatic rings. The van der Waals surface area contributed by atoms with Gasteiger partial charge in [-0.15, -0.1) is 0 Å². The van der Waals surface area contributed by atoms with Gasteiger partial charge in [0.1, 0.15) is 0 Å². The summed E-state index contributed by atoms with van der Waals surface area (Å²) in [6.07, 6.45) is 3.77. The summed E-state index contributed by atoms with van der Waals surface area (Å²) in [5.41, 5.74) is 0. The van der Waals surface area contributed by atoms with Crippen LogP contribution in [-0.2, 0) is 9.53 Å². The van der Waals surface area contributed by atoms with Gasteiger partial charge in [-0.2, -0.15) is 0 Å². The Morgan fingerprint density at radius 2 is 2.31 bits per heavy atom. The van der Waals surface area contributed by atoms with Crippen molar-refractivity contribution in [2.24, 2.45) is 0 Å². The van der Waals surface area contributed by atoms with Crippen molar-refractivity contribution < 1.29 is 14.6 Å². The van der Waals surface area contributed by atoms with Crippen LogP contribution in [0.15, 0.2) is 12.3 Å². The van der Waals surface area contributed by atoms with Crippen LogP contribution >= 0.6 is 0 Å². The molecule has 0 spiro atoms. The summed E-state index contributed by atoms with van der Waals surface area (Å²) in [6, 6.07) is 0. The SMILES string of the molecule is CCN(/C=C/C(=O)OC)CCCO. The van der Waals surface area contributed by atoms with Gasteiger partial charge in [-0.25, -0.2) is 4.79 Å². The summed E-state index contributed by atoms with van der Waals surface area (Å²) in [4.78, 5) is 12.7. The fourth-order valence-electron chi connectivity index (χ4n) is 0.846. The standard InChI is InChI=1S/C9H17NO3/c1-3-10(6-4-8-11)7-5-9(12)13-2/h5,7,11H,3-4,6,8H2,1-2H3/b7-5+. The molecule has 0 unspecified atom stereocenters. The van der Waals surface area contributed by atoms with Crippen LogP contribution in [0.25, 0.3) is 0 Å². The molecule has 0 atom stereocenters. The van der Waals surface area contributed by atoms with E-state index in [-0.39, 0.29) is 12.6 Å².